The second-order valence-electron chi connectivity index (χ2n) is 7.62. The second-order valence-corrected chi connectivity index (χ2v) is 8.53. The maximum absolute atomic E-state index is 13.0. The fourth-order valence-corrected chi connectivity index (χ4v) is 3.08. The number of aromatic nitrogens is 1. The minimum atomic E-state index is -0.983. The summed E-state index contributed by atoms with van der Waals surface area (Å²) in [6.07, 6.45) is 4.17. The zero-order chi connectivity index (χ0) is 24.4. The summed E-state index contributed by atoms with van der Waals surface area (Å²) in [5.41, 5.74) is 5.17. The molecular formula is C27H27BrFNO3. The molecular weight excluding hydrogens is 485 g/mol. The lowest BCUT2D eigenvalue weighted by Crippen LogP contribution is -1.99. The summed E-state index contributed by atoms with van der Waals surface area (Å²) in [5, 5.41) is 8.45. The zero-order valence-electron chi connectivity index (χ0n) is 19.1. The van der Waals surface area contributed by atoms with Crippen molar-refractivity contribution in [2.24, 2.45) is 0 Å². The van der Waals surface area contributed by atoms with Crippen molar-refractivity contribution in [2.75, 3.05) is 0 Å². The van der Waals surface area contributed by atoms with Crippen LogP contribution in [0.3, 0.4) is 0 Å². The first-order valence-electron chi connectivity index (χ1n) is 10.3. The predicted molar refractivity (Wildman–Crippen MR) is 134 cm³/mol. The molecule has 0 fully saturated rings. The van der Waals surface area contributed by atoms with Crippen LogP contribution < -0.4 is 4.74 Å². The molecule has 0 saturated carbocycles. The fourth-order valence-electron chi connectivity index (χ4n) is 2.72. The van der Waals surface area contributed by atoms with E-state index in [0.29, 0.717) is 6.61 Å². The Morgan fingerprint density at radius 3 is 2.33 bits per heavy atom. The van der Waals surface area contributed by atoms with Gasteiger partial charge in [0.25, 0.3) is 0 Å². The first-order valence-corrected chi connectivity index (χ1v) is 11.1. The number of nitrogens with zero attached hydrogens (tertiary/aromatic N) is 1. The molecule has 0 saturated heterocycles. The number of pyridine rings is 1. The van der Waals surface area contributed by atoms with Gasteiger partial charge in [0.05, 0.1) is 0 Å². The third-order valence-corrected chi connectivity index (χ3v) is 4.94. The molecule has 0 atom stereocenters. The van der Waals surface area contributed by atoms with E-state index in [1.165, 1.54) is 23.8 Å². The van der Waals surface area contributed by atoms with Gasteiger partial charge in [-0.25, -0.2) is 14.2 Å². The van der Waals surface area contributed by atoms with Gasteiger partial charge in [0.1, 0.15) is 23.9 Å². The van der Waals surface area contributed by atoms with Gasteiger partial charge >= 0.3 is 5.97 Å². The molecule has 3 aromatic rings. The molecule has 33 heavy (non-hydrogen) atoms. The summed E-state index contributed by atoms with van der Waals surface area (Å²) < 4.78 is 19.9. The number of allylic oxidation sites excluding steroid dienone is 4. The van der Waals surface area contributed by atoms with Crippen molar-refractivity contribution in [1.82, 2.24) is 4.98 Å². The van der Waals surface area contributed by atoms with Crippen molar-refractivity contribution in [2.45, 2.75) is 34.3 Å². The van der Waals surface area contributed by atoms with Crippen LogP contribution in [0.4, 0.5) is 4.39 Å². The Labute approximate surface area is 202 Å². The van der Waals surface area contributed by atoms with E-state index in [2.05, 4.69) is 53.8 Å². The summed E-state index contributed by atoms with van der Waals surface area (Å²) in [5.74, 6) is -0.407. The van der Waals surface area contributed by atoms with Gasteiger partial charge in [0.2, 0.25) is 0 Å². The van der Waals surface area contributed by atoms with E-state index in [4.69, 9.17) is 9.84 Å². The molecule has 0 amide bonds. The fraction of sp³-hybridized carbons (Fsp3) is 0.185. The lowest BCUT2D eigenvalue weighted by molar-refractivity contribution is 0.0690. The molecule has 6 heteroatoms. The minimum absolute atomic E-state index is 0.0972. The molecule has 0 aliphatic heterocycles. The van der Waals surface area contributed by atoms with Crippen LogP contribution in [0.1, 0.15) is 48.1 Å². The standard InChI is InChI=1S/C20H20BrFO.C7H7NO2/c1-14(2)4-5-15(3)19-12-17(21)8-11-20(19)23-13-16-6-9-18(22)10-7-16;1-5-3-2-4-6(8-5)7(9)10/h4-12H,13H2,1-3H3;2-4H,1H3,(H,9,10)/b15-5+;. The van der Waals surface area contributed by atoms with E-state index >= 15 is 0 Å². The molecule has 1 heterocycles. The largest absolute Gasteiger partial charge is 0.488 e. The predicted octanol–water partition coefficient (Wildman–Crippen LogP) is 7.62. The first kappa shape index (κ1) is 26.0. The van der Waals surface area contributed by atoms with Crippen LogP contribution in [0.25, 0.3) is 5.57 Å². The summed E-state index contributed by atoms with van der Waals surface area (Å²) in [6, 6.07) is 17.2. The normalized spacial score (nSPS) is 10.7. The first-order chi connectivity index (χ1) is 15.7. The minimum Gasteiger partial charge on any atom is -0.488 e. The van der Waals surface area contributed by atoms with Crippen LogP contribution >= 0.6 is 15.9 Å². The molecule has 0 aliphatic rings. The highest BCUT2D eigenvalue weighted by molar-refractivity contribution is 9.10. The lowest BCUT2D eigenvalue weighted by Gasteiger charge is -2.13. The highest BCUT2D eigenvalue weighted by atomic mass is 79.9. The van der Waals surface area contributed by atoms with Crippen molar-refractivity contribution in [3.8, 4) is 5.75 Å². The van der Waals surface area contributed by atoms with E-state index in [0.717, 1.165) is 32.6 Å². The molecule has 3 rings (SSSR count). The Kier molecular flexibility index (Phi) is 10.0. The van der Waals surface area contributed by atoms with Crippen molar-refractivity contribution in [3.05, 3.63) is 111 Å². The van der Waals surface area contributed by atoms with Gasteiger partial charge in [0, 0.05) is 15.7 Å². The van der Waals surface area contributed by atoms with E-state index in [9.17, 15) is 9.18 Å². The number of hydrogen-bond donors (Lipinski definition) is 1. The van der Waals surface area contributed by atoms with Crippen molar-refractivity contribution in [3.63, 3.8) is 0 Å². The maximum atomic E-state index is 13.0. The number of halogens is 2. The Morgan fingerprint density at radius 1 is 1.06 bits per heavy atom. The van der Waals surface area contributed by atoms with Crippen LogP contribution in [0.15, 0.2) is 82.9 Å². The Balaban J connectivity index is 0.000000321. The summed E-state index contributed by atoms with van der Waals surface area (Å²) >= 11 is 3.51. The highest BCUT2D eigenvalue weighted by Gasteiger charge is 2.07. The average molecular weight is 512 g/mol. The smallest absolute Gasteiger partial charge is 0.354 e. The molecule has 4 nitrogen and oxygen atoms in total. The van der Waals surface area contributed by atoms with Gasteiger partial charge in [-0.05, 0) is 81.3 Å². The van der Waals surface area contributed by atoms with Gasteiger partial charge in [-0.2, -0.15) is 0 Å². The van der Waals surface area contributed by atoms with E-state index in [-0.39, 0.29) is 11.5 Å². The van der Waals surface area contributed by atoms with Crippen LogP contribution in [-0.2, 0) is 6.61 Å². The summed E-state index contributed by atoms with van der Waals surface area (Å²) in [6.45, 7) is 8.36. The molecule has 0 aliphatic carbocycles. The number of benzene rings is 2. The number of rotatable bonds is 6. The highest BCUT2D eigenvalue weighted by Crippen LogP contribution is 2.30. The van der Waals surface area contributed by atoms with Crippen LogP contribution in [-0.4, -0.2) is 16.1 Å². The molecule has 0 bridgehead atoms. The van der Waals surface area contributed by atoms with Crippen molar-refractivity contribution in [1.29, 1.82) is 0 Å². The molecule has 2 aromatic carbocycles. The molecule has 0 spiro atoms. The summed E-state index contributed by atoms with van der Waals surface area (Å²) in [4.78, 5) is 14.1. The van der Waals surface area contributed by atoms with Gasteiger partial charge in [-0.15, -0.1) is 0 Å². The lowest BCUT2D eigenvalue weighted by atomic mass is 10.1. The quantitative estimate of drug-likeness (QED) is 0.345. The van der Waals surface area contributed by atoms with Crippen molar-refractivity contribution >= 4 is 27.5 Å². The second kappa shape index (κ2) is 12.7. The van der Waals surface area contributed by atoms with Gasteiger partial charge in [-0.1, -0.05) is 51.9 Å². The molecule has 0 unspecified atom stereocenters. The SMILES string of the molecule is CC(C)=C/C=C(\C)c1cc(Br)ccc1OCc1ccc(F)cc1.Cc1cccc(C(=O)O)n1. The molecule has 1 aromatic heterocycles. The third kappa shape index (κ3) is 9.02. The van der Waals surface area contributed by atoms with E-state index in [1.54, 1.807) is 31.2 Å². The number of hydrogen-bond acceptors (Lipinski definition) is 3. The Hall–Kier alpha value is -3.25. The van der Waals surface area contributed by atoms with Crippen LogP contribution in [0, 0.1) is 12.7 Å². The van der Waals surface area contributed by atoms with Crippen LogP contribution in [0.2, 0.25) is 0 Å². The monoisotopic (exact) mass is 511 g/mol. The average Bonchev–Trinajstić information content (AvgIpc) is 2.78. The summed E-state index contributed by atoms with van der Waals surface area (Å²) in [7, 11) is 0. The topological polar surface area (TPSA) is 59.4 Å². The molecule has 0 radical (unpaired) electrons. The van der Waals surface area contributed by atoms with Gasteiger partial charge in [0.15, 0.2) is 0 Å². The van der Waals surface area contributed by atoms with Gasteiger partial charge in [-0.3, -0.25) is 0 Å². The molecule has 172 valence electrons. The maximum Gasteiger partial charge on any atom is 0.354 e. The number of carboxylic acid groups (broad SMARTS) is 1. The Morgan fingerprint density at radius 2 is 1.76 bits per heavy atom. The van der Waals surface area contributed by atoms with E-state index in [1.807, 2.05) is 18.2 Å². The number of aryl methyl sites for hydroxylation is 1. The van der Waals surface area contributed by atoms with Crippen LogP contribution in [0.5, 0.6) is 5.75 Å². The number of carbonyl (C=O) groups is 1. The zero-order valence-corrected chi connectivity index (χ0v) is 20.7. The number of ether oxygens (including phenoxy) is 1. The van der Waals surface area contributed by atoms with Gasteiger partial charge < -0.3 is 9.84 Å². The number of aromatic carboxylic acids is 1. The number of carboxylic acids is 1. The van der Waals surface area contributed by atoms with Crippen molar-refractivity contribution < 1.29 is 19.0 Å². The Bertz CT molecular complexity index is 1150. The van der Waals surface area contributed by atoms with E-state index < -0.39 is 5.97 Å². The molecule has 1 N–H and O–H groups in total. The third-order valence-electron chi connectivity index (χ3n) is 4.45.